The first kappa shape index (κ1) is 23.5. The van der Waals surface area contributed by atoms with Gasteiger partial charge < -0.3 is 24.3 Å². The smallest absolute Gasteiger partial charge is 0.321 e. The molecule has 4 heterocycles. The fourth-order valence-electron chi connectivity index (χ4n) is 5.43. The molecule has 35 heavy (non-hydrogen) atoms. The van der Waals surface area contributed by atoms with Crippen molar-refractivity contribution >= 4 is 57.7 Å². The summed E-state index contributed by atoms with van der Waals surface area (Å²) in [6, 6.07) is -0.0268. The molecule has 5 rings (SSSR count). The number of thioether (sulfide) groups is 1. The number of urea groups is 1. The first-order chi connectivity index (χ1) is 16.7. The first-order valence-corrected chi connectivity index (χ1v) is 12.2. The van der Waals surface area contributed by atoms with Crippen molar-refractivity contribution in [1.29, 1.82) is 0 Å². The van der Waals surface area contributed by atoms with Gasteiger partial charge in [0.1, 0.15) is 11.7 Å². The van der Waals surface area contributed by atoms with Crippen LogP contribution in [0.5, 0.6) is 0 Å². The second-order valence-electron chi connectivity index (χ2n) is 8.96. The van der Waals surface area contributed by atoms with Crippen LogP contribution in [-0.2, 0) is 20.7 Å². The van der Waals surface area contributed by atoms with Crippen molar-refractivity contribution in [1.82, 2.24) is 15.8 Å². The molecule has 0 bridgehead atoms. The molecule has 11 nitrogen and oxygen atoms in total. The monoisotopic (exact) mass is 505 g/mol. The molecule has 3 aliphatic heterocycles. The van der Waals surface area contributed by atoms with Gasteiger partial charge in [0, 0.05) is 25.9 Å². The van der Waals surface area contributed by atoms with Gasteiger partial charge in [0.25, 0.3) is 5.24 Å². The summed E-state index contributed by atoms with van der Waals surface area (Å²) >= 11 is 1.13. The van der Waals surface area contributed by atoms with Crippen molar-refractivity contribution < 1.29 is 32.8 Å². The summed E-state index contributed by atoms with van der Waals surface area (Å²) < 4.78 is 27.3. The standard InChI is InChI=1S/C22H24FN5O6S/c1-10-8-28-15-12(6-13-16(14(15)23)34-26-18(13)27-4-5-35-21(27)32)7-22(9-29,17(28)11(2)33-10)19(30)25-20(31)24-3/h6,9-11,17H,4-5,7-8H2,1-3H3,(H2,24,25,30,31)/t10-,11+,17?,22?/m1/s1. The number of ether oxygens (including phenoxy) is 1. The number of aldehydes is 1. The van der Waals surface area contributed by atoms with Gasteiger partial charge in [-0.05, 0) is 31.9 Å². The minimum Gasteiger partial charge on any atom is -0.372 e. The number of imide groups is 1. The van der Waals surface area contributed by atoms with E-state index in [1.807, 2.05) is 6.92 Å². The molecule has 0 spiro atoms. The van der Waals surface area contributed by atoms with E-state index in [9.17, 15) is 19.2 Å². The van der Waals surface area contributed by atoms with Gasteiger partial charge in [-0.25, -0.2) is 9.18 Å². The molecule has 13 heteroatoms. The Morgan fingerprint density at radius 3 is 2.80 bits per heavy atom. The van der Waals surface area contributed by atoms with Gasteiger partial charge in [-0.15, -0.1) is 0 Å². The number of aromatic nitrogens is 1. The van der Waals surface area contributed by atoms with Crippen molar-refractivity contribution in [2.75, 3.05) is 35.7 Å². The largest absolute Gasteiger partial charge is 0.372 e. The number of carbonyl (C=O) groups is 4. The van der Waals surface area contributed by atoms with Crippen LogP contribution >= 0.6 is 11.8 Å². The van der Waals surface area contributed by atoms with Crippen LogP contribution in [-0.4, -0.2) is 72.8 Å². The highest BCUT2D eigenvalue weighted by molar-refractivity contribution is 8.14. The molecule has 2 N–H and O–H groups in total. The topological polar surface area (TPSA) is 134 Å². The molecule has 2 saturated heterocycles. The van der Waals surface area contributed by atoms with Crippen molar-refractivity contribution in [3.63, 3.8) is 0 Å². The van der Waals surface area contributed by atoms with Gasteiger partial charge in [-0.2, -0.15) is 0 Å². The zero-order valence-electron chi connectivity index (χ0n) is 19.3. The van der Waals surface area contributed by atoms with E-state index in [1.54, 1.807) is 17.9 Å². The lowest BCUT2D eigenvalue weighted by molar-refractivity contribution is -0.144. The zero-order valence-corrected chi connectivity index (χ0v) is 20.1. The Hall–Kier alpha value is -3.19. The van der Waals surface area contributed by atoms with Crippen LogP contribution in [0.1, 0.15) is 19.4 Å². The molecule has 3 aliphatic rings. The minimum atomic E-state index is -1.74. The summed E-state index contributed by atoms with van der Waals surface area (Å²) in [6.45, 7) is 4.13. The maximum Gasteiger partial charge on any atom is 0.321 e. The van der Waals surface area contributed by atoms with Gasteiger partial charge in [-0.1, -0.05) is 16.9 Å². The molecule has 1 aromatic carbocycles. The van der Waals surface area contributed by atoms with Crippen molar-refractivity contribution in [2.45, 2.75) is 38.5 Å². The Labute approximate surface area is 203 Å². The first-order valence-electron chi connectivity index (χ1n) is 11.2. The van der Waals surface area contributed by atoms with E-state index in [4.69, 9.17) is 9.26 Å². The number of carbonyl (C=O) groups excluding carboxylic acids is 4. The number of amides is 4. The van der Waals surface area contributed by atoms with Gasteiger partial charge in [-0.3, -0.25) is 19.8 Å². The van der Waals surface area contributed by atoms with Crippen LogP contribution in [0.15, 0.2) is 10.6 Å². The maximum absolute atomic E-state index is 16.0. The lowest BCUT2D eigenvalue weighted by Gasteiger charge is -2.53. The van der Waals surface area contributed by atoms with E-state index in [2.05, 4.69) is 15.8 Å². The van der Waals surface area contributed by atoms with Crippen LogP contribution in [0.3, 0.4) is 0 Å². The highest BCUT2D eigenvalue weighted by Crippen LogP contribution is 2.48. The third-order valence-corrected chi connectivity index (χ3v) is 7.68. The summed E-state index contributed by atoms with van der Waals surface area (Å²) in [5.41, 5.74) is -1.28. The number of fused-ring (bicyclic) bond motifs is 4. The second kappa shape index (κ2) is 8.48. The van der Waals surface area contributed by atoms with Crippen molar-refractivity contribution in [3.05, 3.63) is 17.4 Å². The number of hydrogen-bond donors (Lipinski definition) is 2. The third kappa shape index (κ3) is 3.47. The predicted octanol–water partition coefficient (Wildman–Crippen LogP) is 1.82. The van der Waals surface area contributed by atoms with E-state index in [-0.39, 0.29) is 46.8 Å². The average molecular weight is 506 g/mol. The molecule has 2 fully saturated rings. The Balaban J connectivity index is 1.70. The molecule has 1 aromatic heterocycles. The van der Waals surface area contributed by atoms with E-state index in [0.29, 0.717) is 24.1 Å². The van der Waals surface area contributed by atoms with E-state index < -0.39 is 35.3 Å². The summed E-state index contributed by atoms with van der Waals surface area (Å²) in [5.74, 6) is -0.739. The number of halogens is 1. The molecule has 0 radical (unpaired) electrons. The highest BCUT2D eigenvalue weighted by atomic mass is 32.2. The van der Waals surface area contributed by atoms with Crippen LogP contribution < -0.4 is 20.4 Å². The molecule has 0 saturated carbocycles. The Bertz CT molecular complexity index is 1250. The molecule has 186 valence electrons. The second-order valence-corrected chi connectivity index (χ2v) is 10.0. The SMILES string of the molecule is CNC(=O)NC(=O)C1(C=O)Cc2cc3c(N4CCSC4=O)noc3c(F)c2N2C[C@@H](C)O[C@@H](C)C21. The van der Waals surface area contributed by atoms with Gasteiger partial charge in [0.05, 0.1) is 29.3 Å². The summed E-state index contributed by atoms with van der Waals surface area (Å²) in [7, 11) is 1.35. The van der Waals surface area contributed by atoms with Crippen molar-refractivity contribution in [3.8, 4) is 0 Å². The molecular formula is C22H24FN5O6S. The summed E-state index contributed by atoms with van der Waals surface area (Å²) in [6.07, 6.45) is -0.623. The fourth-order valence-corrected chi connectivity index (χ4v) is 6.21. The van der Waals surface area contributed by atoms with Crippen LogP contribution in [0.25, 0.3) is 11.0 Å². The van der Waals surface area contributed by atoms with E-state index in [1.165, 1.54) is 11.9 Å². The fraction of sp³-hybridized carbons (Fsp3) is 0.500. The van der Waals surface area contributed by atoms with Crippen LogP contribution in [0.4, 0.5) is 25.5 Å². The summed E-state index contributed by atoms with van der Waals surface area (Å²) in [5, 5.41) is 8.54. The lowest BCUT2D eigenvalue weighted by Crippen LogP contribution is -2.68. The number of nitrogens with one attached hydrogen (secondary N) is 2. The molecule has 0 aliphatic carbocycles. The third-order valence-electron chi connectivity index (χ3n) is 6.82. The van der Waals surface area contributed by atoms with E-state index in [0.717, 1.165) is 11.8 Å². The number of anilines is 2. The molecule has 2 aromatic rings. The lowest BCUT2D eigenvalue weighted by atomic mass is 9.68. The Morgan fingerprint density at radius 1 is 1.37 bits per heavy atom. The Morgan fingerprint density at radius 2 is 2.14 bits per heavy atom. The predicted molar refractivity (Wildman–Crippen MR) is 125 cm³/mol. The number of morpholine rings is 1. The van der Waals surface area contributed by atoms with Crippen molar-refractivity contribution in [2.24, 2.45) is 5.41 Å². The average Bonchev–Trinajstić information content (AvgIpc) is 3.43. The van der Waals surface area contributed by atoms with Gasteiger partial charge >= 0.3 is 6.03 Å². The van der Waals surface area contributed by atoms with Gasteiger partial charge in [0.2, 0.25) is 11.5 Å². The molecular weight excluding hydrogens is 481 g/mol. The number of benzene rings is 1. The van der Waals surface area contributed by atoms with E-state index >= 15 is 4.39 Å². The summed E-state index contributed by atoms with van der Waals surface area (Å²) in [4.78, 5) is 53.3. The quantitative estimate of drug-likeness (QED) is 0.473. The molecule has 4 atom stereocenters. The van der Waals surface area contributed by atoms with Crippen LogP contribution in [0.2, 0.25) is 0 Å². The number of rotatable bonds is 3. The normalized spacial score (nSPS) is 28.0. The molecule has 2 unspecified atom stereocenters. The zero-order chi connectivity index (χ0) is 25.1. The Kier molecular flexibility index (Phi) is 5.71. The number of nitrogens with zero attached hydrogens (tertiary/aromatic N) is 3. The number of hydrogen-bond acceptors (Lipinski definition) is 9. The minimum absolute atomic E-state index is 0.109. The van der Waals surface area contributed by atoms with Crippen LogP contribution in [0, 0.1) is 11.2 Å². The van der Waals surface area contributed by atoms with Gasteiger partial charge in [0.15, 0.2) is 11.6 Å². The molecule has 4 amide bonds. The maximum atomic E-state index is 16.0. The highest BCUT2D eigenvalue weighted by Gasteiger charge is 2.57.